The number of halogens is 3. The third-order valence-electron chi connectivity index (χ3n) is 4.98. The van der Waals surface area contributed by atoms with Gasteiger partial charge in [-0.3, -0.25) is 0 Å². The largest absolute Gasteiger partial charge is 0.444 e. The van der Waals surface area contributed by atoms with Gasteiger partial charge in [-0.25, -0.2) is 14.3 Å². The molecule has 0 radical (unpaired) electrons. The van der Waals surface area contributed by atoms with Crippen LogP contribution in [0.1, 0.15) is 60.8 Å². The van der Waals surface area contributed by atoms with Crippen molar-refractivity contribution in [1.29, 1.82) is 0 Å². The highest BCUT2D eigenvalue weighted by Gasteiger charge is 2.57. The van der Waals surface area contributed by atoms with Crippen molar-refractivity contribution in [2.75, 3.05) is 19.6 Å². The summed E-state index contributed by atoms with van der Waals surface area (Å²) in [4.78, 5) is 25.5. The van der Waals surface area contributed by atoms with Crippen molar-refractivity contribution in [3.05, 3.63) is 0 Å². The topological polar surface area (TPSA) is 105 Å². The molecule has 1 spiro atoms. The van der Waals surface area contributed by atoms with E-state index in [1.807, 2.05) is 0 Å². The van der Waals surface area contributed by atoms with Crippen molar-refractivity contribution >= 4 is 22.4 Å². The van der Waals surface area contributed by atoms with Crippen LogP contribution < -0.4 is 4.72 Å². The van der Waals surface area contributed by atoms with Crippen molar-refractivity contribution in [2.45, 2.75) is 84.2 Å². The Balaban J connectivity index is 2.02. The summed E-state index contributed by atoms with van der Waals surface area (Å²) in [7, 11) is -4.56. The van der Waals surface area contributed by atoms with Crippen LogP contribution in [-0.4, -0.2) is 72.9 Å². The Morgan fingerprint density at radius 3 is 1.97 bits per heavy atom. The van der Waals surface area contributed by atoms with Crippen LogP contribution in [0.25, 0.3) is 0 Å². The summed E-state index contributed by atoms with van der Waals surface area (Å²) in [5, 5.41) is 0. The van der Waals surface area contributed by atoms with Crippen molar-refractivity contribution in [2.24, 2.45) is 5.41 Å². The third kappa shape index (κ3) is 7.39. The van der Waals surface area contributed by atoms with Crippen molar-refractivity contribution in [3.8, 4) is 0 Å². The van der Waals surface area contributed by atoms with E-state index in [0.717, 1.165) is 0 Å². The Kier molecular flexibility index (Phi) is 7.07. The van der Waals surface area contributed by atoms with Crippen LogP contribution in [0.3, 0.4) is 0 Å². The molecule has 186 valence electrons. The second-order valence-electron chi connectivity index (χ2n) is 10.5. The molecule has 1 saturated carbocycles. The number of alkyl halides is 3. The highest BCUT2D eigenvalue weighted by Crippen LogP contribution is 2.51. The Labute approximate surface area is 186 Å². The number of nitrogens with zero attached hydrogens (tertiary/aromatic N) is 2. The first-order valence-electron chi connectivity index (χ1n) is 10.3. The average molecular weight is 488 g/mol. The van der Waals surface area contributed by atoms with Gasteiger partial charge in [0.1, 0.15) is 11.2 Å². The first kappa shape index (κ1) is 26.5. The Bertz CT molecular complexity index is 819. The molecule has 2 fully saturated rings. The van der Waals surface area contributed by atoms with Gasteiger partial charge >= 0.3 is 28.6 Å². The predicted octanol–water partition coefficient (Wildman–Crippen LogP) is 3.41. The lowest BCUT2D eigenvalue weighted by molar-refractivity contribution is -0.141. The maximum Gasteiger partial charge on any atom is 0.422 e. The van der Waals surface area contributed by atoms with E-state index in [9.17, 15) is 31.2 Å². The Hall–Kier alpha value is -1.76. The number of rotatable bonds is 5. The number of likely N-dealkylation sites (tertiary alicyclic amines) is 1. The zero-order valence-corrected chi connectivity index (χ0v) is 20.0. The minimum absolute atomic E-state index is 0.277. The van der Waals surface area contributed by atoms with E-state index in [-0.39, 0.29) is 18.3 Å². The predicted molar refractivity (Wildman–Crippen MR) is 109 cm³/mol. The van der Waals surface area contributed by atoms with E-state index in [1.54, 1.807) is 25.5 Å². The maximum absolute atomic E-state index is 12.8. The molecule has 1 N–H and O–H groups in total. The summed E-state index contributed by atoms with van der Waals surface area (Å²) < 4.78 is 76.3. The van der Waals surface area contributed by atoms with Gasteiger partial charge in [-0.05, 0) is 54.4 Å². The van der Waals surface area contributed by atoms with Crippen LogP contribution >= 0.6 is 0 Å². The summed E-state index contributed by atoms with van der Waals surface area (Å²) in [6.07, 6.45) is -7.11. The summed E-state index contributed by atoms with van der Waals surface area (Å²) >= 11 is 0. The molecule has 1 aliphatic carbocycles. The quantitative estimate of drug-likeness (QED) is 0.637. The molecule has 2 aliphatic rings. The molecular weight excluding hydrogens is 455 g/mol. The number of amides is 2. The number of hydrogen-bond acceptors (Lipinski definition) is 6. The summed E-state index contributed by atoms with van der Waals surface area (Å²) in [5.41, 5.74) is -1.99. The van der Waals surface area contributed by atoms with Crippen LogP contribution in [0, 0.1) is 5.41 Å². The summed E-state index contributed by atoms with van der Waals surface area (Å²) in [5.74, 6) is 0. The van der Waals surface area contributed by atoms with E-state index < -0.39 is 58.8 Å². The smallest absolute Gasteiger partial charge is 0.422 e. The molecule has 0 bridgehead atoms. The summed E-state index contributed by atoms with van der Waals surface area (Å²) in [6, 6.07) is -0.724. The van der Waals surface area contributed by atoms with Gasteiger partial charge in [0, 0.05) is 31.1 Å². The van der Waals surface area contributed by atoms with E-state index in [2.05, 4.69) is 0 Å². The molecule has 32 heavy (non-hydrogen) atoms. The molecule has 1 aliphatic heterocycles. The van der Waals surface area contributed by atoms with Gasteiger partial charge in [0.2, 0.25) is 0 Å². The molecule has 1 saturated heterocycles. The van der Waals surface area contributed by atoms with Crippen LogP contribution in [0.5, 0.6) is 0 Å². The number of nitrogens with one attached hydrogen (secondary N) is 1. The number of ether oxygens (including phenoxy) is 2. The minimum Gasteiger partial charge on any atom is -0.444 e. The van der Waals surface area contributed by atoms with Crippen LogP contribution in [0.15, 0.2) is 0 Å². The van der Waals surface area contributed by atoms with Gasteiger partial charge in [0.25, 0.3) is 0 Å². The SMILES string of the molecule is CC(C)(C)OC(=O)NS(=O)(=O)N(CCC(F)(F)F)C1CC2(C1)CN(C(=O)OC(C)(C)C)C2. The molecule has 2 rings (SSSR count). The number of carbonyl (C=O) groups excluding carboxylic acids is 2. The van der Waals surface area contributed by atoms with Gasteiger partial charge in [0.05, 0.1) is 6.42 Å². The van der Waals surface area contributed by atoms with E-state index >= 15 is 0 Å². The molecule has 1 heterocycles. The van der Waals surface area contributed by atoms with E-state index in [4.69, 9.17) is 9.47 Å². The third-order valence-corrected chi connectivity index (χ3v) is 6.51. The first-order chi connectivity index (χ1) is 14.2. The van der Waals surface area contributed by atoms with Gasteiger partial charge < -0.3 is 14.4 Å². The normalized spacial score (nSPS) is 19.4. The van der Waals surface area contributed by atoms with Crippen molar-refractivity contribution in [1.82, 2.24) is 13.9 Å². The Morgan fingerprint density at radius 1 is 1.03 bits per heavy atom. The van der Waals surface area contributed by atoms with Crippen LogP contribution in [0.4, 0.5) is 22.8 Å². The zero-order valence-electron chi connectivity index (χ0n) is 19.2. The van der Waals surface area contributed by atoms with Crippen molar-refractivity contribution < 1.29 is 40.7 Å². The maximum atomic E-state index is 12.8. The van der Waals surface area contributed by atoms with Gasteiger partial charge in [-0.1, -0.05) is 0 Å². The molecule has 2 amide bonds. The number of carbonyl (C=O) groups is 2. The Morgan fingerprint density at radius 2 is 1.53 bits per heavy atom. The molecule has 0 aromatic heterocycles. The number of hydrogen-bond donors (Lipinski definition) is 1. The monoisotopic (exact) mass is 487 g/mol. The lowest BCUT2D eigenvalue weighted by Gasteiger charge is -2.60. The standard InChI is InChI=1S/C19H32F3N3O6S/c1-16(2,3)30-14(26)23-32(28,29)25(8-7-19(20,21)22)13-9-18(10-13)11-24(12-18)15(27)31-17(4,5)6/h13H,7-12H2,1-6H3,(H,23,26). The summed E-state index contributed by atoms with van der Waals surface area (Å²) in [6.45, 7) is 9.66. The second kappa shape index (κ2) is 8.54. The second-order valence-corrected chi connectivity index (χ2v) is 12.1. The molecule has 13 heteroatoms. The van der Waals surface area contributed by atoms with E-state index in [1.165, 1.54) is 25.7 Å². The minimum atomic E-state index is -4.56. The fourth-order valence-electron chi connectivity index (χ4n) is 3.82. The molecule has 9 nitrogen and oxygen atoms in total. The molecule has 0 aromatic carbocycles. The van der Waals surface area contributed by atoms with Crippen LogP contribution in [0.2, 0.25) is 0 Å². The highest BCUT2D eigenvalue weighted by atomic mass is 32.2. The van der Waals surface area contributed by atoms with Crippen LogP contribution in [-0.2, 0) is 19.7 Å². The zero-order chi connectivity index (χ0) is 24.8. The van der Waals surface area contributed by atoms with Gasteiger partial charge in [0.15, 0.2) is 0 Å². The molecule has 0 aromatic rings. The van der Waals surface area contributed by atoms with Crippen molar-refractivity contribution in [3.63, 3.8) is 0 Å². The fraction of sp³-hybridized carbons (Fsp3) is 0.895. The van der Waals surface area contributed by atoms with Gasteiger partial charge in [-0.2, -0.15) is 25.9 Å². The molecule has 0 unspecified atom stereocenters. The lowest BCUT2D eigenvalue weighted by Crippen LogP contribution is -2.69. The first-order valence-corrected chi connectivity index (χ1v) is 11.7. The molecular formula is C19H32F3N3O6S. The van der Waals surface area contributed by atoms with Gasteiger partial charge in [-0.15, -0.1) is 0 Å². The average Bonchev–Trinajstić information content (AvgIpc) is 2.40. The highest BCUT2D eigenvalue weighted by molar-refractivity contribution is 7.87. The lowest BCUT2D eigenvalue weighted by atomic mass is 9.60. The molecule has 0 atom stereocenters. The van der Waals surface area contributed by atoms with E-state index in [0.29, 0.717) is 17.4 Å². The fourth-order valence-corrected chi connectivity index (χ4v) is 5.06.